The lowest BCUT2D eigenvalue weighted by atomic mass is 9.92. The minimum Gasteiger partial charge on any atom is -0.396 e. The van der Waals surface area contributed by atoms with Crippen molar-refractivity contribution in [2.24, 2.45) is 0 Å². The Morgan fingerprint density at radius 3 is 2.28 bits per heavy atom. The first-order valence-corrected chi connectivity index (χ1v) is 6.65. The molecule has 2 aromatic rings. The van der Waals surface area contributed by atoms with Gasteiger partial charge in [-0.25, -0.2) is 0 Å². The van der Waals surface area contributed by atoms with Crippen molar-refractivity contribution in [1.29, 1.82) is 0 Å². The van der Waals surface area contributed by atoms with Crippen molar-refractivity contribution in [3.63, 3.8) is 0 Å². The molecule has 0 bridgehead atoms. The van der Waals surface area contributed by atoms with Crippen LogP contribution < -0.4 is 0 Å². The van der Waals surface area contributed by atoms with Crippen LogP contribution in [0.25, 0.3) is 0 Å². The van der Waals surface area contributed by atoms with Crippen molar-refractivity contribution in [3.8, 4) is 0 Å². The Bertz CT molecular complexity index is 518. The molecule has 2 aromatic carbocycles. The fraction of sp³-hybridized carbons (Fsp3) is 0.294. The summed E-state index contributed by atoms with van der Waals surface area (Å²) in [6, 6.07) is 19.4. The molecule has 0 spiro atoms. The Morgan fingerprint density at radius 1 is 0.889 bits per heavy atom. The Kier molecular flexibility index (Phi) is 3.16. The molecule has 0 heterocycles. The van der Waals surface area contributed by atoms with Gasteiger partial charge in [-0.1, -0.05) is 54.6 Å². The molecule has 0 aromatic heterocycles. The van der Waals surface area contributed by atoms with E-state index in [9.17, 15) is 5.11 Å². The number of hydrogen-bond acceptors (Lipinski definition) is 1. The highest BCUT2D eigenvalue weighted by Crippen LogP contribution is 2.46. The lowest BCUT2D eigenvalue weighted by molar-refractivity contribution is 0.274. The zero-order chi connectivity index (χ0) is 12.4. The van der Waals surface area contributed by atoms with Crippen LogP contribution in [-0.2, 0) is 0 Å². The maximum absolute atomic E-state index is 9.21. The third kappa shape index (κ3) is 1.95. The van der Waals surface area contributed by atoms with Crippen LogP contribution in [0.4, 0.5) is 0 Å². The van der Waals surface area contributed by atoms with E-state index in [0.29, 0.717) is 11.8 Å². The van der Waals surface area contributed by atoms with Crippen molar-refractivity contribution < 1.29 is 5.11 Å². The standard InChI is InChI=1S/C17H18O/c18-11-10-14-12-17(13-6-2-1-3-7-13)16-9-5-4-8-15(14)16/h1-9,14,17-18H,10-12H2/t14-,17+/m0/s1. The number of aliphatic hydroxyl groups is 1. The first kappa shape index (κ1) is 11.5. The summed E-state index contributed by atoms with van der Waals surface area (Å²) in [7, 11) is 0. The van der Waals surface area contributed by atoms with Crippen LogP contribution in [0.2, 0.25) is 0 Å². The van der Waals surface area contributed by atoms with Gasteiger partial charge in [0.05, 0.1) is 0 Å². The highest BCUT2D eigenvalue weighted by molar-refractivity contribution is 5.44. The molecule has 1 aliphatic rings. The van der Waals surface area contributed by atoms with Gasteiger partial charge < -0.3 is 5.11 Å². The molecule has 0 saturated carbocycles. The molecule has 1 aliphatic carbocycles. The van der Waals surface area contributed by atoms with E-state index in [1.54, 1.807) is 0 Å². The molecule has 3 rings (SSSR count). The van der Waals surface area contributed by atoms with Gasteiger partial charge in [0.15, 0.2) is 0 Å². The van der Waals surface area contributed by atoms with E-state index in [-0.39, 0.29) is 6.61 Å². The molecule has 1 heteroatoms. The Hall–Kier alpha value is -1.60. The Labute approximate surface area is 108 Å². The predicted molar refractivity (Wildman–Crippen MR) is 73.8 cm³/mol. The van der Waals surface area contributed by atoms with Crippen LogP contribution >= 0.6 is 0 Å². The summed E-state index contributed by atoms with van der Waals surface area (Å²) >= 11 is 0. The summed E-state index contributed by atoms with van der Waals surface area (Å²) in [6.07, 6.45) is 2.00. The van der Waals surface area contributed by atoms with Crippen molar-refractivity contribution in [1.82, 2.24) is 0 Å². The molecule has 1 N–H and O–H groups in total. The topological polar surface area (TPSA) is 20.2 Å². The molecule has 18 heavy (non-hydrogen) atoms. The van der Waals surface area contributed by atoms with Gasteiger partial charge in [0.2, 0.25) is 0 Å². The molecular weight excluding hydrogens is 220 g/mol. The number of benzene rings is 2. The first-order chi connectivity index (χ1) is 8.90. The summed E-state index contributed by atoms with van der Waals surface area (Å²) in [4.78, 5) is 0. The van der Waals surface area contributed by atoms with E-state index in [1.807, 2.05) is 0 Å². The summed E-state index contributed by atoms with van der Waals surface area (Å²) in [6.45, 7) is 0.278. The predicted octanol–water partition coefficient (Wildman–Crippen LogP) is 3.69. The second-order valence-electron chi connectivity index (χ2n) is 5.04. The van der Waals surface area contributed by atoms with E-state index < -0.39 is 0 Å². The van der Waals surface area contributed by atoms with Crippen molar-refractivity contribution >= 4 is 0 Å². The van der Waals surface area contributed by atoms with E-state index in [4.69, 9.17) is 0 Å². The van der Waals surface area contributed by atoms with Crippen LogP contribution in [0, 0.1) is 0 Å². The maximum atomic E-state index is 9.21. The van der Waals surface area contributed by atoms with Crippen LogP contribution in [0.5, 0.6) is 0 Å². The lowest BCUT2D eigenvalue weighted by Gasteiger charge is -2.12. The summed E-state index contributed by atoms with van der Waals surface area (Å²) < 4.78 is 0. The van der Waals surface area contributed by atoms with Crippen molar-refractivity contribution in [2.45, 2.75) is 24.7 Å². The second kappa shape index (κ2) is 4.95. The first-order valence-electron chi connectivity index (χ1n) is 6.65. The molecule has 1 nitrogen and oxygen atoms in total. The second-order valence-corrected chi connectivity index (χ2v) is 5.04. The van der Waals surface area contributed by atoms with Crippen LogP contribution in [-0.4, -0.2) is 11.7 Å². The van der Waals surface area contributed by atoms with Crippen molar-refractivity contribution in [3.05, 3.63) is 71.3 Å². The largest absolute Gasteiger partial charge is 0.396 e. The van der Waals surface area contributed by atoms with Gasteiger partial charge in [0.1, 0.15) is 0 Å². The minimum absolute atomic E-state index is 0.278. The van der Waals surface area contributed by atoms with E-state index in [0.717, 1.165) is 12.8 Å². The highest BCUT2D eigenvalue weighted by atomic mass is 16.3. The number of rotatable bonds is 3. The monoisotopic (exact) mass is 238 g/mol. The summed E-state index contributed by atoms with van der Waals surface area (Å²) in [5, 5.41) is 9.21. The number of aliphatic hydroxyl groups excluding tert-OH is 1. The van der Waals surface area contributed by atoms with Gasteiger partial charge in [0.25, 0.3) is 0 Å². The molecule has 2 atom stereocenters. The molecule has 0 radical (unpaired) electrons. The molecule has 0 fully saturated rings. The maximum Gasteiger partial charge on any atom is 0.0436 e. The fourth-order valence-corrected chi connectivity index (χ4v) is 3.17. The average Bonchev–Trinajstić information content (AvgIpc) is 2.80. The van der Waals surface area contributed by atoms with Gasteiger partial charge in [-0.15, -0.1) is 0 Å². The molecule has 92 valence electrons. The molecule has 0 saturated heterocycles. The van der Waals surface area contributed by atoms with Crippen LogP contribution in [0.3, 0.4) is 0 Å². The zero-order valence-electron chi connectivity index (χ0n) is 10.4. The Morgan fingerprint density at radius 2 is 1.56 bits per heavy atom. The van der Waals surface area contributed by atoms with Gasteiger partial charge in [-0.3, -0.25) is 0 Å². The van der Waals surface area contributed by atoms with Gasteiger partial charge in [-0.05, 0) is 35.4 Å². The summed E-state index contributed by atoms with van der Waals surface area (Å²) in [5.41, 5.74) is 4.27. The lowest BCUT2D eigenvalue weighted by Crippen LogP contribution is -1.98. The smallest absolute Gasteiger partial charge is 0.0436 e. The Balaban J connectivity index is 1.99. The SMILES string of the molecule is OCC[C@H]1C[C@H](c2ccccc2)c2ccccc21. The average molecular weight is 238 g/mol. The van der Waals surface area contributed by atoms with Crippen molar-refractivity contribution in [2.75, 3.05) is 6.61 Å². The molecule has 0 amide bonds. The molecule has 0 aliphatic heterocycles. The van der Waals surface area contributed by atoms with Gasteiger partial charge in [-0.2, -0.15) is 0 Å². The number of hydrogen-bond donors (Lipinski definition) is 1. The van der Waals surface area contributed by atoms with E-state index in [1.165, 1.54) is 16.7 Å². The van der Waals surface area contributed by atoms with E-state index >= 15 is 0 Å². The van der Waals surface area contributed by atoms with Crippen LogP contribution in [0.15, 0.2) is 54.6 Å². The van der Waals surface area contributed by atoms with E-state index in [2.05, 4.69) is 54.6 Å². The highest BCUT2D eigenvalue weighted by Gasteiger charge is 2.30. The fourth-order valence-electron chi connectivity index (χ4n) is 3.17. The minimum atomic E-state index is 0.278. The zero-order valence-corrected chi connectivity index (χ0v) is 10.4. The summed E-state index contributed by atoms with van der Waals surface area (Å²) in [5.74, 6) is 1.01. The third-order valence-corrected chi connectivity index (χ3v) is 4.01. The number of fused-ring (bicyclic) bond motifs is 1. The molecule has 0 unspecified atom stereocenters. The van der Waals surface area contributed by atoms with Gasteiger partial charge >= 0.3 is 0 Å². The van der Waals surface area contributed by atoms with Crippen LogP contribution in [0.1, 0.15) is 41.4 Å². The quantitative estimate of drug-likeness (QED) is 0.864. The van der Waals surface area contributed by atoms with Gasteiger partial charge in [0, 0.05) is 12.5 Å². The normalized spacial score (nSPS) is 21.8. The third-order valence-electron chi connectivity index (χ3n) is 4.01. The molecular formula is C17H18O.